The Morgan fingerprint density at radius 3 is 2.21 bits per heavy atom. The van der Waals surface area contributed by atoms with Crippen molar-refractivity contribution in [2.24, 2.45) is 0 Å². The fourth-order valence-electron chi connectivity index (χ4n) is 3.62. The molecule has 0 radical (unpaired) electrons. The molecule has 1 aliphatic heterocycles. The van der Waals surface area contributed by atoms with Crippen molar-refractivity contribution in [3.05, 3.63) is 71.5 Å². The van der Waals surface area contributed by atoms with E-state index in [1.807, 2.05) is 53.4 Å². The van der Waals surface area contributed by atoms with Gasteiger partial charge in [0.05, 0.1) is 5.69 Å². The number of anilines is 1. The third-order valence-corrected chi connectivity index (χ3v) is 5.33. The van der Waals surface area contributed by atoms with E-state index in [1.54, 1.807) is 0 Å². The van der Waals surface area contributed by atoms with Gasteiger partial charge in [-0.1, -0.05) is 60.1 Å². The van der Waals surface area contributed by atoms with Crippen LogP contribution in [0, 0.1) is 0 Å². The molecular formula is C21H21ClN4O2. The maximum Gasteiger partial charge on any atom is 0.327 e. The molecule has 2 aromatic carbocycles. The highest BCUT2D eigenvalue weighted by atomic mass is 35.5. The van der Waals surface area contributed by atoms with Crippen molar-refractivity contribution in [1.82, 2.24) is 14.9 Å². The Bertz CT molecular complexity index is 938. The van der Waals surface area contributed by atoms with Crippen molar-refractivity contribution in [3.63, 3.8) is 0 Å². The number of aliphatic carboxylic acids is 1. The molecule has 1 aromatic heterocycles. The first-order valence-corrected chi connectivity index (χ1v) is 9.59. The minimum absolute atomic E-state index is 0.205. The normalized spacial score (nSPS) is 16.1. The molecule has 0 amide bonds. The topological polar surface area (TPSA) is 72.5 Å². The summed E-state index contributed by atoms with van der Waals surface area (Å²) >= 11 is 6.33. The molecule has 28 heavy (non-hydrogen) atoms. The molecule has 7 heteroatoms. The summed E-state index contributed by atoms with van der Waals surface area (Å²) < 4.78 is 0. The molecule has 1 atom stereocenters. The van der Waals surface area contributed by atoms with Crippen LogP contribution in [0.3, 0.4) is 0 Å². The molecule has 2 N–H and O–H groups in total. The Morgan fingerprint density at radius 1 is 1.00 bits per heavy atom. The minimum atomic E-state index is -0.932. The van der Waals surface area contributed by atoms with Crippen molar-refractivity contribution in [2.75, 3.05) is 31.1 Å². The fraction of sp³-hybridized carbons (Fsp3) is 0.238. The van der Waals surface area contributed by atoms with E-state index in [0.717, 1.165) is 24.3 Å². The highest BCUT2D eigenvalue weighted by molar-refractivity contribution is 6.30. The van der Waals surface area contributed by atoms with Gasteiger partial charge in [-0.2, -0.15) is 0 Å². The average Bonchev–Trinajstić information content (AvgIpc) is 3.11. The van der Waals surface area contributed by atoms with E-state index in [-0.39, 0.29) is 5.15 Å². The zero-order chi connectivity index (χ0) is 19.5. The highest BCUT2D eigenvalue weighted by Gasteiger charge is 2.34. The van der Waals surface area contributed by atoms with E-state index in [9.17, 15) is 9.90 Å². The molecule has 1 saturated heterocycles. The Labute approximate surface area is 168 Å². The van der Waals surface area contributed by atoms with E-state index in [1.165, 1.54) is 0 Å². The van der Waals surface area contributed by atoms with Gasteiger partial charge in [0.2, 0.25) is 0 Å². The maximum absolute atomic E-state index is 12.1. The molecule has 0 aliphatic carbocycles. The summed E-state index contributed by atoms with van der Waals surface area (Å²) in [6.07, 6.45) is 0. The molecule has 1 unspecified atom stereocenters. The first kappa shape index (κ1) is 18.5. The van der Waals surface area contributed by atoms with Gasteiger partial charge < -0.3 is 15.0 Å². The number of H-pyrrole nitrogens is 1. The van der Waals surface area contributed by atoms with Crippen LogP contribution in [0.1, 0.15) is 11.7 Å². The van der Waals surface area contributed by atoms with Crippen molar-refractivity contribution in [3.8, 4) is 11.4 Å². The van der Waals surface area contributed by atoms with Crippen LogP contribution in [0.5, 0.6) is 0 Å². The predicted octanol–water partition coefficient (Wildman–Crippen LogP) is 3.68. The van der Waals surface area contributed by atoms with Gasteiger partial charge in [-0.15, -0.1) is 0 Å². The standard InChI is InChI=1S/C21H21ClN4O2/c22-19-17(23-20(24-19)15-7-3-1-4-8-15)18(21(27)28)26-13-11-25(12-14-26)16-9-5-2-6-10-16/h1-10,18H,11-14H2,(H,23,24)(H,27,28). The van der Waals surface area contributed by atoms with E-state index in [2.05, 4.69) is 27.0 Å². The Balaban J connectivity index is 1.54. The zero-order valence-electron chi connectivity index (χ0n) is 15.3. The lowest BCUT2D eigenvalue weighted by molar-refractivity contribution is -0.143. The lowest BCUT2D eigenvalue weighted by atomic mass is 10.1. The summed E-state index contributed by atoms with van der Waals surface area (Å²) in [5.41, 5.74) is 2.45. The molecule has 144 valence electrons. The van der Waals surface area contributed by atoms with Crippen molar-refractivity contribution < 1.29 is 9.90 Å². The van der Waals surface area contributed by atoms with Crippen molar-refractivity contribution >= 4 is 23.3 Å². The van der Waals surface area contributed by atoms with E-state index < -0.39 is 12.0 Å². The molecule has 4 rings (SSSR count). The lowest BCUT2D eigenvalue weighted by Crippen LogP contribution is -2.49. The van der Waals surface area contributed by atoms with Gasteiger partial charge in [0.25, 0.3) is 0 Å². The van der Waals surface area contributed by atoms with Crippen LogP contribution in [-0.2, 0) is 4.79 Å². The first-order chi connectivity index (χ1) is 13.6. The van der Waals surface area contributed by atoms with Gasteiger partial charge in [-0.05, 0) is 12.1 Å². The molecule has 3 aromatic rings. The highest BCUT2D eigenvalue weighted by Crippen LogP contribution is 2.30. The predicted molar refractivity (Wildman–Crippen MR) is 110 cm³/mol. The van der Waals surface area contributed by atoms with Crippen LogP contribution in [0.15, 0.2) is 60.7 Å². The number of rotatable bonds is 5. The number of carboxylic acids is 1. The van der Waals surface area contributed by atoms with Crippen LogP contribution in [-0.4, -0.2) is 52.1 Å². The SMILES string of the molecule is O=C(O)C(c1[nH]c(-c2ccccc2)nc1Cl)N1CCN(c2ccccc2)CC1. The Hall–Kier alpha value is -2.83. The molecular weight excluding hydrogens is 376 g/mol. The Morgan fingerprint density at radius 2 is 1.61 bits per heavy atom. The number of benzene rings is 2. The monoisotopic (exact) mass is 396 g/mol. The number of aromatic nitrogens is 2. The number of halogens is 1. The van der Waals surface area contributed by atoms with Gasteiger partial charge in [0.15, 0.2) is 11.2 Å². The van der Waals surface area contributed by atoms with Gasteiger partial charge in [0, 0.05) is 37.4 Å². The number of para-hydroxylation sites is 1. The van der Waals surface area contributed by atoms with Crippen LogP contribution in [0.25, 0.3) is 11.4 Å². The number of nitrogens with zero attached hydrogens (tertiary/aromatic N) is 3. The summed E-state index contributed by atoms with van der Waals surface area (Å²) in [5, 5.41) is 10.1. The number of imidazole rings is 1. The minimum Gasteiger partial charge on any atom is -0.480 e. The molecule has 1 fully saturated rings. The fourth-order valence-corrected chi connectivity index (χ4v) is 3.85. The summed E-state index contributed by atoms with van der Waals surface area (Å²) in [5.74, 6) is -0.354. The smallest absolute Gasteiger partial charge is 0.327 e. The summed E-state index contributed by atoms with van der Waals surface area (Å²) in [7, 11) is 0. The number of carbonyl (C=O) groups is 1. The second-order valence-corrected chi connectivity index (χ2v) is 7.11. The first-order valence-electron chi connectivity index (χ1n) is 9.21. The molecule has 2 heterocycles. The molecule has 0 bridgehead atoms. The number of hydrogen-bond donors (Lipinski definition) is 2. The largest absolute Gasteiger partial charge is 0.480 e. The second kappa shape index (κ2) is 8.04. The second-order valence-electron chi connectivity index (χ2n) is 6.76. The van der Waals surface area contributed by atoms with E-state index >= 15 is 0 Å². The number of carboxylic acid groups (broad SMARTS) is 1. The third-order valence-electron chi connectivity index (χ3n) is 5.04. The maximum atomic E-state index is 12.1. The van der Waals surface area contributed by atoms with Gasteiger partial charge in [-0.25, -0.2) is 4.98 Å². The van der Waals surface area contributed by atoms with E-state index in [4.69, 9.17) is 11.6 Å². The van der Waals surface area contributed by atoms with Gasteiger partial charge in [0.1, 0.15) is 5.82 Å². The van der Waals surface area contributed by atoms with Crippen molar-refractivity contribution in [2.45, 2.75) is 6.04 Å². The molecule has 6 nitrogen and oxygen atoms in total. The zero-order valence-corrected chi connectivity index (χ0v) is 16.0. The average molecular weight is 397 g/mol. The lowest BCUT2D eigenvalue weighted by Gasteiger charge is -2.38. The summed E-state index contributed by atoms with van der Waals surface area (Å²) in [6.45, 7) is 2.76. The number of aromatic amines is 1. The number of piperazine rings is 1. The van der Waals surface area contributed by atoms with Gasteiger partial charge in [-0.3, -0.25) is 9.69 Å². The van der Waals surface area contributed by atoms with Crippen LogP contribution >= 0.6 is 11.6 Å². The Kier molecular flexibility index (Phi) is 5.32. The van der Waals surface area contributed by atoms with E-state index in [0.29, 0.717) is 24.6 Å². The quantitative estimate of drug-likeness (QED) is 0.688. The van der Waals surface area contributed by atoms with Crippen LogP contribution in [0.4, 0.5) is 5.69 Å². The molecule has 1 aliphatic rings. The van der Waals surface area contributed by atoms with Crippen LogP contribution < -0.4 is 4.90 Å². The summed E-state index contributed by atoms with van der Waals surface area (Å²) in [4.78, 5) is 23.8. The van der Waals surface area contributed by atoms with Gasteiger partial charge >= 0.3 is 5.97 Å². The van der Waals surface area contributed by atoms with Crippen LogP contribution in [0.2, 0.25) is 5.15 Å². The summed E-state index contributed by atoms with van der Waals surface area (Å²) in [6, 6.07) is 18.9. The number of hydrogen-bond acceptors (Lipinski definition) is 4. The third kappa shape index (κ3) is 3.74. The number of nitrogens with one attached hydrogen (secondary N) is 1. The molecule has 0 spiro atoms. The van der Waals surface area contributed by atoms with Crippen molar-refractivity contribution in [1.29, 1.82) is 0 Å². The molecule has 0 saturated carbocycles.